The monoisotopic (exact) mass is 481 g/mol. The van der Waals surface area contributed by atoms with E-state index in [1.54, 1.807) is 25.6 Å². The van der Waals surface area contributed by atoms with Crippen molar-refractivity contribution in [2.24, 2.45) is 17.8 Å². The second kappa shape index (κ2) is 8.97. The first kappa shape index (κ1) is 22.6. The van der Waals surface area contributed by atoms with Crippen molar-refractivity contribution in [1.29, 1.82) is 0 Å². The van der Waals surface area contributed by atoms with Gasteiger partial charge in [-0.2, -0.15) is 0 Å². The number of nitrogens with zero attached hydrogens (tertiary/aromatic N) is 3. The molecule has 4 aromatic rings. The van der Waals surface area contributed by atoms with Crippen LogP contribution in [0.25, 0.3) is 22.0 Å². The molecular formula is C29H31N5O2. The molecule has 3 aromatic heterocycles. The lowest BCUT2D eigenvalue weighted by molar-refractivity contribution is 0.398. The highest BCUT2D eigenvalue weighted by Crippen LogP contribution is 2.49. The minimum absolute atomic E-state index is 0.174. The van der Waals surface area contributed by atoms with E-state index in [0.29, 0.717) is 17.1 Å². The zero-order valence-electron chi connectivity index (χ0n) is 20.9. The van der Waals surface area contributed by atoms with Crippen LogP contribution in [0, 0.1) is 24.7 Å². The highest BCUT2D eigenvalue weighted by molar-refractivity contribution is 5.95. The number of benzene rings is 1. The summed E-state index contributed by atoms with van der Waals surface area (Å²) in [4.78, 5) is 27.3. The molecule has 0 spiro atoms. The van der Waals surface area contributed by atoms with Gasteiger partial charge in [-0.3, -0.25) is 4.79 Å². The zero-order chi connectivity index (χ0) is 24.8. The first-order valence-corrected chi connectivity index (χ1v) is 12.7. The number of ether oxygens (including phenoxy) is 1. The average molecular weight is 482 g/mol. The summed E-state index contributed by atoms with van der Waals surface area (Å²) < 4.78 is 5.19. The zero-order valence-corrected chi connectivity index (χ0v) is 20.9. The summed E-state index contributed by atoms with van der Waals surface area (Å²) in [6.07, 6.45) is 6.10. The Morgan fingerprint density at radius 3 is 2.83 bits per heavy atom. The number of fused-ring (bicyclic) bond motifs is 2. The number of hydrogen-bond acceptors (Lipinski definition) is 6. The molecule has 1 aromatic carbocycles. The van der Waals surface area contributed by atoms with Crippen molar-refractivity contribution in [1.82, 2.24) is 15.0 Å². The number of pyridine rings is 3. The van der Waals surface area contributed by atoms with Gasteiger partial charge in [0.15, 0.2) is 0 Å². The average Bonchev–Trinajstić information content (AvgIpc) is 3.68. The summed E-state index contributed by atoms with van der Waals surface area (Å²) in [5.41, 5.74) is 4.83. The number of rotatable bonds is 5. The molecular weight excluding hydrogens is 450 g/mol. The van der Waals surface area contributed by atoms with Crippen molar-refractivity contribution in [3.05, 3.63) is 70.8 Å². The van der Waals surface area contributed by atoms with E-state index in [9.17, 15) is 4.79 Å². The second-order valence-corrected chi connectivity index (χ2v) is 10.2. The lowest BCUT2D eigenvalue weighted by Gasteiger charge is -2.28. The molecule has 7 nitrogen and oxygen atoms in total. The first-order chi connectivity index (χ1) is 17.5. The van der Waals surface area contributed by atoms with Crippen LogP contribution >= 0.6 is 0 Å². The standard InChI is InChI=1S/C29H31N5O2/c1-17-12-22(5-6-25(17)34-11-9-19-13-23(19)18(2)16-34)32-28-27-20(8-10-30-29(27)35)14-24(33-28)21-4-7-26(36-3)31-15-21/h4-8,10,12,14-15,18-19,23H,9,11,13,16H2,1-3H3,(H,30,35)(H,32,33)/t18-,19?,23?/m1/s1. The number of H-pyrrole nitrogens is 1. The summed E-state index contributed by atoms with van der Waals surface area (Å²) in [6.45, 7) is 6.80. The molecule has 7 heteroatoms. The summed E-state index contributed by atoms with van der Waals surface area (Å²) in [5, 5.41) is 4.78. The van der Waals surface area contributed by atoms with Crippen LogP contribution in [-0.2, 0) is 0 Å². The Balaban J connectivity index is 1.34. The van der Waals surface area contributed by atoms with Crippen molar-refractivity contribution in [2.45, 2.75) is 26.7 Å². The van der Waals surface area contributed by atoms with Crippen LogP contribution in [0.2, 0.25) is 0 Å². The Bertz CT molecular complexity index is 1480. The Morgan fingerprint density at radius 2 is 2.06 bits per heavy atom. The van der Waals surface area contributed by atoms with Gasteiger partial charge in [0, 0.05) is 48.5 Å². The van der Waals surface area contributed by atoms with E-state index >= 15 is 0 Å². The molecule has 1 aliphatic heterocycles. The van der Waals surface area contributed by atoms with Crippen molar-refractivity contribution < 1.29 is 4.74 Å². The number of aryl methyl sites for hydroxylation is 1. The van der Waals surface area contributed by atoms with Crippen LogP contribution in [0.15, 0.2) is 59.7 Å². The lowest BCUT2D eigenvalue weighted by Crippen LogP contribution is -2.29. The number of hydrogen-bond donors (Lipinski definition) is 2. The Hall–Kier alpha value is -3.87. The van der Waals surface area contributed by atoms with Gasteiger partial charge >= 0.3 is 0 Å². The number of anilines is 3. The van der Waals surface area contributed by atoms with E-state index in [2.05, 4.69) is 52.2 Å². The molecule has 6 rings (SSSR count). The smallest absolute Gasteiger partial charge is 0.259 e. The largest absolute Gasteiger partial charge is 0.481 e. The third kappa shape index (κ3) is 4.19. The van der Waals surface area contributed by atoms with Gasteiger partial charge in [-0.1, -0.05) is 6.92 Å². The predicted octanol–water partition coefficient (Wildman–Crippen LogP) is 5.53. The Labute approximate surface area is 210 Å². The molecule has 1 aliphatic carbocycles. The van der Waals surface area contributed by atoms with Gasteiger partial charge in [0.05, 0.1) is 18.2 Å². The second-order valence-electron chi connectivity index (χ2n) is 10.2. The SMILES string of the molecule is COc1ccc(-c2cc3cc[nH]c(=O)c3c(Nc3ccc(N4CCC5CC5[C@H](C)C4)c(C)c3)n2)cn1. The number of methoxy groups -OCH3 is 1. The molecule has 2 unspecified atom stereocenters. The maximum absolute atomic E-state index is 12.8. The summed E-state index contributed by atoms with van der Waals surface area (Å²) in [5.74, 6) is 3.66. The van der Waals surface area contributed by atoms with Crippen LogP contribution in [0.5, 0.6) is 5.88 Å². The van der Waals surface area contributed by atoms with Crippen LogP contribution < -0.4 is 20.5 Å². The van der Waals surface area contributed by atoms with Crippen LogP contribution in [0.4, 0.5) is 17.2 Å². The van der Waals surface area contributed by atoms with E-state index in [1.165, 1.54) is 24.1 Å². The van der Waals surface area contributed by atoms with E-state index < -0.39 is 0 Å². The normalized spacial score (nSPS) is 21.1. The molecule has 2 N–H and O–H groups in total. The molecule has 0 radical (unpaired) electrons. The van der Waals surface area contributed by atoms with Crippen LogP contribution in [0.1, 0.15) is 25.3 Å². The summed E-state index contributed by atoms with van der Waals surface area (Å²) in [7, 11) is 1.59. The quantitative estimate of drug-likeness (QED) is 0.390. The summed E-state index contributed by atoms with van der Waals surface area (Å²) in [6, 6.07) is 14.0. The first-order valence-electron chi connectivity index (χ1n) is 12.7. The van der Waals surface area contributed by atoms with Crippen LogP contribution in [-0.4, -0.2) is 35.2 Å². The van der Waals surface area contributed by atoms with Crippen LogP contribution in [0.3, 0.4) is 0 Å². The third-order valence-electron chi connectivity index (χ3n) is 7.78. The van der Waals surface area contributed by atoms with Gasteiger partial charge in [0.25, 0.3) is 5.56 Å². The summed E-state index contributed by atoms with van der Waals surface area (Å²) >= 11 is 0. The fraction of sp³-hybridized carbons (Fsp3) is 0.345. The maximum Gasteiger partial charge on any atom is 0.259 e. The van der Waals surface area contributed by atoms with Gasteiger partial charge in [0.2, 0.25) is 5.88 Å². The minimum atomic E-state index is -0.174. The predicted molar refractivity (Wildman–Crippen MR) is 144 cm³/mol. The molecule has 0 bridgehead atoms. The molecule has 2 aliphatic rings. The van der Waals surface area contributed by atoms with Crippen molar-refractivity contribution in [2.75, 3.05) is 30.4 Å². The van der Waals surface area contributed by atoms with Crippen molar-refractivity contribution >= 4 is 28.0 Å². The van der Waals surface area contributed by atoms with Gasteiger partial charge in [-0.05, 0) is 84.9 Å². The highest BCUT2D eigenvalue weighted by atomic mass is 16.5. The molecule has 2 fully saturated rings. The van der Waals surface area contributed by atoms with Crippen molar-refractivity contribution in [3.8, 4) is 17.1 Å². The van der Waals surface area contributed by atoms with Gasteiger partial charge < -0.3 is 19.9 Å². The molecule has 1 saturated heterocycles. The molecule has 3 atom stereocenters. The minimum Gasteiger partial charge on any atom is -0.481 e. The fourth-order valence-corrected chi connectivity index (χ4v) is 5.74. The molecule has 4 heterocycles. The van der Waals surface area contributed by atoms with Crippen molar-refractivity contribution in [3.63, 3.8) is 0 Å². The van der Waals surface area contributed by atoms with Gasteiger partial charge in [0.1, 0.15) is 5.82 Å². The lowest BCUT2D eigenvalue weighted by atomic mass is 10.0. The Morgan fingerprint density at radius 1 is 1.17 bits per heavy atom. The number of nitrogens with one attached hydrogen (secondary N) is 2. The Kier molecular flexibility index (Phi) is 5.63. The highest BCUT2D eigenvalue weighted by Gasteiger charge is 2.43. The topological polar surface area (TPSA) is 83.1 Å². The number of aromatic nitrogens is 3. The van der Waals surface area contributed by atoms with Gasteiger partial charge in [-0.25, -0.2) is 9.97 Å². The van der Waals surface area contributed by atoms with E-state index in [-0.39, 0.29) is 5.56 Å². The molecule has 36 heavy (non-hydrogen) atoms. The maximum atomic E-state index is 12.8. The van der Waals surface area contributed by atoms with E-state index in [0.717, 1.165) is 53.2 Å². The fourth-order valence-electron chi connectivity index (χ4n) is 5.74. The van der Waals surface area contributed by atoms with E-state index in [4.69, 9.17) is 9.72 Å². The molecule has 0 amide bonds. The number of aromatic amines is 1. The molecule has 184 valence electrons. The third-order valence-corrected chi connectivity index (χ3v) is 7.78. The van der Waals surface area contributed by atoms with Gasteiger partial charge in [-0.15, -0.1) is 0 Å². The molecule has 1 saturated carbocycles. The van der Waals surface area contributed by atoms with E-state index in [1.807, 2.05) is 18.2 Å².